The zero-order valence-corrected chi connectivity index (χ0v) is 7.73. The minimum atomic E-state index is -1.01. The molecule has 0 spiro atoms. The molecule has 0 aromatic heterocycles. The molecule has 0 aliphatic carbocycles. The first kappa shape index (κ1) is 8.50. The Hall–Kier alpha value is -1.10. The predicted molar refractivity (Wildman–Crippen MR) is 44.4 cm³/mol. The molecule has 0 atom stereocenters. The van der Waals surface area contributed by atoms with Crippen molar-refractivity contribution in [3.05, 3.63) is 33.0 Å². The van der Waals surface area contributed by atoms with Crippen LogP contribution in [0.25, 0.3) is 5.83 Å². The predicted octanol–water partition coefficient (Wildman–Crippen LogP) is 0.826. The van der Waals surface area contributed by atoms with Gasteiger partial charge in [-0.05, 0) is 28.1 Å². The normalized spacial score (nSPS) is 14.4. The van der Waals surface area contributed by atoms with Crippen molar-refractivity contribution in [2.24, 2.45) is 4.99 Å². The summed E-state index contributed by atoms with van der Waals surface area (Å²) in [5.74, 6) is -2.58. The van der Waals surface area contributed by atoms with Crippen LogP contribution in [0, 0.1) is 5.82 Å². The minimum Gasteiger partial charge on any atom is -0.264 e. The lowest BCUT2D eigenvalue weighted by Gasteiger charge is -1.91. The first-order chi connectivity index (χ1) is 6.11. The maximum atomic E-state index is 13.0. The molecule has 1 aromatic carbocycles. The number of nitrogens with zero attached hydrogens (tertiary/aromatic N) is 1. The lowest BCUT2D eigenvalue weighted by atomic mass is 10.3. The molecular formula is C8H2BrF2NO. The van der Waals surface area contributed by atoms with Crippen LogP contribution >= 0.6 is 15.9 Å². The molecule has 2 rings (SSSR count). The fourth-order valence-electron chi connectivity index (χ4n) is 1.11. The topological polar surface area (TPSA) is 29.4 Å². The first-order valence-electron chi connectivity index (χ1n) is 3.38. The molecule has 1 aliphatic heterocycles. The molecule has 0 bridgehead atoms. The first-order valence-corrected chi connectivity index (χ1v) is 4.17. The smallest absolute Gasteiger partial charge is 0.264 e. The lowest BCUT2D eigenvalue weighted by Crippen LogP contribution is -2.24. The van der Waals surface area contributed by atoms with Crippen LogP contribution < -0.4 is 10.6 Å². The molecule has 2 nitrogen and oxygen atoms in total. The summed E-state index contributed by atoms with van der Waals surface area (Å²) in [5, 5.41) is 0.0702. The monoisotopic (exact) mass is 245 g/mol. The van der Waals surface area contributed by atoms with Gasteiger partial charge in [-0.3, -0.25) is 4.79 Å². The van der Waals surface area contributed by atoms with Crippen molar-refractivity contribution in [3.8, 4) is 0 Å². The number of fused-ring (bicyclic) bond motifs is 1. The molecule has 0 radical (unpaired) electrons. The SMILES string of the molecule is O=C1N=c2ccc(F)c(Br)c2=C1F. The minimum absolute atomic E-state index is 0.0582. The molecular weight excluding hydrogens is 244 g/mol. The van der Waals surface area contributed by atoms with Crippen LogP contribution in [0.15, 0.2) is 21.6 Å². The average Bonchev–Trinajstić information content (AvgIpc) is 2.37. The summed E-state index contributed by atoms with van der Waals surface area (Å²) in [6.45, 7) is 0. The fraction of sp³-hybridized carbons (Fsp3) is 0. The number of hydrogen-bond donors (Lipinski definition) is 0. The van der Waals surface area contributed by atoms with Gasteiger partial charge in [0.25, 0.3) is 0 Å². The van der Waals surface area contributed by atoms with E-state index in [9.17, 15) is 13.6 Å². The highest BCUT2D eigenvalue weighted by Gasteiger charge is 2.19. The van der Waals surface area contributed by atoms with Crippen LogP contribution in [0.3, 0.4) is 0 Å². The van der Waals surface area contributed by atoms with Gasteiger partial charge in [0, 0.05) is 0 Å². The van der Waals surface area contributed by atoms with Gasteiger partial charge in [0.2, 0.25) is 5.83 Å². The molecule has 66 valence electrons. The Morgan fingerprint density at radius 3 is 2.69 bits per heavy atom. The average molecular weight is 246 g/mol. The van der Waals surface area contributed by atoms with E-state index in [2.05, 4.69) is 20.9 Å². The van der Waals surface area contributed by atoms with Crippen LogP contribution in [0.2, 0.25) is 0 Å². The van der Waals surface area contributed by atoms with Crippen molar-refractivity contribution in [2.45, 2.75) is 0 Å². The van der Waals surface area contributed by atoms with Gasteiger partial charge in [-0.25, -0.2) is 13.8 Å². The van der Waals surface area contributed by atoms with Gasteiger partial charge in [0.1, 0.15) is 5.82 Å². The fourth-order valence-corrected chi connectivity index (χ4v) is 1.62. The molecule has 0 N–H and O–H groups in total. The molecule has 13 heavy (non-hydrogen) atoms. The second-order valence-corrected chi connectivity index (χ2v) is 3.28. The summed E-state index contributed by atoms with van der Waals surface area (Å²) >= 11 is 2.85. The molecule has 5 heteroatoms. The second kappa shape index (κ2) is 2.70. The number of amides is 1. The molecule has 0 saturated heterocycles. The number of halogens is 3. The maximum absolute atomic E-state index is 13.0. The summed E-state index contributed by atoms with van der Waals surface area (Å²) in [5.41, 5.74) is 0. The standard InChI is InChI=1S/C8H2BrF2NO/c9-6-3(10)1-2-4-5(6)7(11)8(13)12-4/h1-2H. The van der Waals surface area contributed by atoms with E-state index < -0.39 is 17.6 Å². The molecule has 1 heterocycles. The van der Waals surface area contributed by atoms with E-state index in [1.807, 2.05) is 0 Å². The van der Waals surface area contributed by atoms with Crippen LogP contribution in [0.5, 0.6) is 0 Å². The van der Waals surface area contributed by atoms with Crippen molar-refractivity contribution >= 4 is 27.7 Å². The van der Waals surface area contributed by atoms with Gasteiger partial charge in [0.05, 0.1) is 15.0 Å². The molecule has 1 aliphatic rings. The van der Waals surface area contributed by atoms with E-state index in [1.165, 1.54) is 6.07 Å². The Kier molecular flexibility index (Phi) is 1.76. The van der Waals surface area contributed by atoms with Gasteiger partial charge >= 0.3 is 5.91 Å². The third kappa shape index (κ3) is 1.11. The third-order valence-corrected chi connectivity index (χ3v) is 2.48. The Morgan fingerprint density at radius 1 is 1.31 bits per heavy atom. The van der Waals surface area contributed by atoms with Gasteiger partial charge in [-0.1, -0.05) is 0 Å². The number of hydrogen-bond acceptors (Lipinski definition) is 1. The van der Waals surface area contributed by atoms with Crippen LogP contribution in [-0.4, -0.2) is 5.91 Å². The quantitative estimate of drug-likeness (QED) is 0.666. The van der Waals surface area contributed by atoms with E-state index >= 15 is 0 Å². The third-order valence-electron chi connectivity index (χ3n) is 1.70. The number of carbonyl (C=O) groups is 1. The summed E-state index contributed by atoms with van der Waals surface area (Å²) in [7, 11) is 0. The van der Waals surface area contributed by atoms with Gasteiger partial charge < -0.3 is 0 Å². The Morgan fingerprint density at radius 2 is 2.00 bits per heavy atom. The largest absolute Gasteiger partial charge is 0.307 e. The highest BCUT2D eigenvalue weighted by atomic mass is 79.9. The van der Waals surface area contributed by atoms with E-state index in [-0.39, 0.29) is 15.0 Å². The van der Waals surface area contributed by atoms with Gasteiger partial charge in [0.15, 0.2) is 0 Å². The van der Waals surface area contributed by atoms with Crippen molar-refractivity contribution in [1.82, 2.24) is 0 Å². The van der Waals surface area contributed by atoms with Crippen LogP contribution in [0.4, 0.5) is 8.78 Å². The van der Waals surface area contributed by atoms with Crippen molar-refractivity contribution in [1.29, 1.82) is 0 Å². The second-order valence-electron chi connectivity index (χ2n) is 2.49. The maximum Gasteiger partial charge on any atom is 0.307 e. The van der Waals surface area contributed by atoms with Crippen LogP contribution in [-0.2, 0) is 4.79 Å². The van der Waals surface area contributed by atoms with E-state index in [1.54, 1.807) is 0 Å². The Labute approximate surface area is 79.7 Å². The lowest BCUT2D eigenvalue weighted by molar-refractivity contribution is -0.113. The number of carbonyl (C=O) groups excluding carboxylic acids is 1. The van der Waals surface area contributed by atoms with Crippen LogP contribution in [0.1, 0.15) is 0 Å². The van der Waals surface area contributed by atoms with E-state index in [0.717, 1.165) is 6.07 Å². The molecule has 0 saturated carbocycles. The Bertz CT molecular complexity index is 524. The van der Waals surface area contributed by atoms with Gasteiger partial charge in [-0.15, -0.1) is 0 Å². The summed E-state index contributed by atoms with van der Waals surface area (Å²) < 4.78 is 25.9. The van der Waals surface area contributed by atoms with E-state index in [0.29, 0.717) is 0 Å². The van der Waals surface area contributed by atoms with Crippen molar-refractivity contribution in [3.63, 3.8) is 0 Å². The highest BCUT2D eigenvalue weighted by molar-refractivity contribution is 9.10. The van der Waals surface area contributed by atoms with Crippen molar-refractivity contribution < 1.29 is 13.6 Å². The molecule has 1 amide bonds. The molecule has 0 fully saturated rings. The number of rotatable bonds is 0. The molecule has 0 unspecified atom stereocenters. The van der Waals surface area contributed by atoms with E-state index in [4.69, 9.17) is 0 Å². The summed E-state index contributed by atoms with van der Waals surface area (Å²) in [6.07, 6.45) is 0. The Balaban J connectivity index is 3.04. The molecule has 1 aromatic rings. The highest BCUT2D eigenvalue weighted by Crippen LogP contribution is 2.11. The summed E-state index contributed by atoms with van der Waals surface area (Å²) in [4.78, 5) is 14.2. The van der Waals surface area contributed by atoms with Crippen molar-refractivity contribution in [2.75, 3.05) is 0 Å². The number of benzene rings is 1. The zero-order valence-electron chi connectivity index (χ0n) is 6.14. The van der Waals surface area contributed by atoms with Gasteiger partial charge in [-0.2, -0.15) is 0 Å². The summed E-state index contributed by atoms with van der Waals surface area (Å²) in [6, 6.07) is 2.39. The zero-order chi connectivity index (χ0) is 9.59.